The predicted molar refractivity (Wildman–Crippen MR) is 105 cm³/mol. The quantitative estimate of drug-likeness (QED) is 0.622. The minimum atomic E-state index is -1.93. The molecule has 5 nitrogen and oxygen atoms in total. The number of carbonyl (C=O) groups is 2. The molecule has 1 amide bonds. The molecule has 0 aromatic heterocycles. The Bertz CT molecular complexity index is 972. The normalized spacial score (nSPS) is 18.8. The SMILES string of the molecule is C#CC(O)(CC1(c2ccccc2)CCC1)C(=O)Nc1ccc2c(c1)COC2=O. The molecule has 1 heterocycles. The number of ether oxygens (including phenoxy) is 1. The van der Waals surface area contributed by atoms with Gasteiger partial charge in [0.15, 0.2) is 0 Å². The number of terminal acetylenes is 1. The van der Waals surface area contributed by atoms with Crippen molar-refractivity contribution in [3.8, 4) is 12.3 Å². The number of nitrogens with one attached hydrogen (secondary N) is 1. The lowest BCUT2D eigenvalue weighted by atomic mass is 9.59. The van der Waals surface area contributed by atoms with E-state index in [1.807, 2.05) is 30.3 Å². The Labute approximate surface area is 163 Å². The molecule has 4 rings (SSSR count). The van der Waals surface area contributed by atoms with Crippen LogP contribution in [-0.2, 0) is 21.6 Å². The number of anilines is 1. The maximum absolute atomic E-state index is 12.9. The Morgan fingerprint density at radius 2 is 2.00 bits per heavy atom. The molecule has 1 unspecified atom stereocenters. The summed E-state index contributed by atoms with van der Waals surface area (Å²) in [5.41, 5.74) is 0.531. The monoisotopic (exact) mass is 375 g/mol. The molecule has 2 aromatic carbocycles. The Morgan fingerprint density at radius 3 is 2.64 bits per heavy atom. The van der Waals surface area contributed by atoms with E-state index in [9.17, 15) is 14.7 Å². The Hall–Kier alpha value is -3.10. The molecule has 0 saturated heterocycles. The molecule has 28 heavy (non-hydrogen) atoms. The van der Waals surface area contributed by atoms with Crippen LogP contribution in [0.4, 0.5) is 5.69 Å². The molecule has 5 heteroatoms. The zero-order chi connectivity index (χ0) is 19.8. The average molecular weight is 375 g/mol. The van der Waals surface area contributed by atoms with E-state index in [4.69, 9.17) is 11.2 Å². The molecule has 1 aliphatic heterocycles. The highest BCUT2D eigenvalue weighted by molar-refractivity contribution is 6.00. The van der Waals surface area contributed by atoms with Gasteiger partial charge in [0.2, 0.25) is 5.60 Å². The Morgan fingerprint density at radius 1 is 1.25 bits per heavy atom. The standard InChI is InChI=1S/C23H21NO4/c1-2-23(27,15-22(11-6-12-22)17-7-4-3-5-8-17)21(26)24-18-9-10-19-16(13-18)14-28-20(19)25/h1,3-5,7-10,13,27H,6,11-12,14-15H2,(H,24,26). The molecular weight excluding hydrogens is 354 g/mol. The first-order valence-electron chi connectivity index (χ1n) is 9.33. The highest BCUT2D eigenvalue weighted by Crippen LogP contribution is 2.49. The van der Waals surface area contributed by atoms with Gasteiger partial charge in [0.1, 0.15) is 6.61 Å². The van der Waals surface area contributed by atoms with Gasteiger partial charge in [-0.25, -0.2) is 4.79 Å². The van der Waals surface area contributed by atoms with Gasteiger partial charge in [-0.05, 0) is 42.0 Å². The van der Waals surface area contributed by atoms with Gasteiger partial charge in [0, 0.05) is 17.7 Å². The summed E-state index contributed by atoms with van der Waals surface area (Å²) in [6, 6.07) is 14.8. The second-order valence-corrected chi connectivity index (χ2v) is 7.58. The van der Waals surface area contributed by atoms with Crippen LogP contribution in [0.25, 0.3) is 0 Å². The van der Waals surface area contributed by atoms with Crippen molar-refractivity contribution in [1.82, 2.24) is 0 Å². The third-order valence-electron chi connectivity index (χ3n) is 5.85. The summed E-state index contributed by atoms with van der Waals surface area (Å²) in [7, 11) is 0. The van der Waals surface area contributed by atoms with Crippen molar-refractivity contribution in [3.63, 3.8) is 0 Å². The summed E-state index contributed by atoms with van der Waals surface area (Å²) >= 11 is 0. The highest BCUT2D eigenvalue weighted by atomic mass is 16.5. The van der Waals surface area contributed by atoms with Gasteiger partial charge in [-0.1, -0.05) is 42.7 Å². The molecular formula is C23H21NO4. The van der Waals surface area contributed by atoms with Gasteiger partial charge in [-0.3, -0.25) is 4.79 Å². The molecule has 2 aliphatic rings. The third kappa shape index (κ3) is 3.06. The van der Waals surface area contributed by atoms with Gasteiger partial charge in [0.05, 0.1) is 5.56 Å². The number of aliphatic hydroxyl groups is 1. The van der Waals surface area contributed by atoms with E-state index < -0.39 is 11.5 Å². The molecule has 1 aliphatic carbocycles. The molecule has 1 atom stereocenters. The van der Waals surface area contributed by atoms with Crippen molar-refractivity contribution in [1.29, 1.82) is 0 Å². The van der Waals surface area contributed by atoms with Crippen molar-refractivity contribution in [3.05, 3.63) is 65.2 Å². The van der Waals surface area contributed by atoms with Gasteiger partial charge < -0.3 is 15.2 Å². The highest BCUT2D eigenvalue weighted by Gasteiger charge is 2.48. The minimum Gasteiger partial charge on any atom is -0.457 e. The van der Waals surface area contributed by atoms with E-state index in [1.54, 1.807) is 18.2 Å². The second-order valence-electron chi connectivity index (χ2n) is 7.58. The van der Waals surface area contributed by atoms with E-state index in [0.29, 0.717) is 16.8 Å². The van der Waals surface area contributed by atoms with Gasteiger partial charge >= 0.3 is 5.97 Å². The van der Waals surface area contributed by atoms with Crippen LogP contribution >= 0.6 is 0 Å². The topological polar surface area (TPSA) is 75.6 Å². The van der Waals surface area contributed by atoms with Crippen molar-refractivity contribution < 1.29 is 19.4 Å². The van der Waals surface area contributed by atoms with Crippen molar-refractivity contribution in [2.45, 2.75) is 43.3 Å². The third-order valence-corrected chi connectivity index (χ3v) is 5.85. The number of fused-ring (bicyclic) bond motifs is 1. The van der Waals surface area contributed by atoms with Crippen molar-refractivity contribution >= 4 is 17.6 Å². The van der Waals surface area contributed by atoms with E-state index in [-0.39, 0.29) is 24.4 Å². The summed E-state index contributed by atoms with van der Waals surface area (Å²) in [5, 5.41) is 13.7. The molecule has 1 fully saturated rings. The summed E-state index contributed by atoms with van der Waals surface area (Å²) in [6.07, 6.45) is 8.57. The van der Waals surface area contributed by atoms with E-state index in [2.05, 4.69) is 11.2 Å². The number of amides is 1. The fourth-order valence-electron chi connectivity index (χ4n) is 4.09. The van der Waals surface area contributed by atoms with Gasteiger partial charge in [0.25, 0.3) is 5.91 Å². The first-order chi connectivity index (χ1) is 13.5. The summed E-state index contributed by atoms with van der Waals surface area (Å²) in [5.74, 6) is 1.31. The van der Waals surface area contributed by atoms with Gasteiger partial charge in [-0.2, -0.15) is 0 Å². The number of benzene rings is 2. The second kappa shape index (κ2) is 6.81. The summed E-state index contributed by atoms with van der Waals surface area (Å²) in [4.78, 5) is 24.4. The van der Waals surface area contributed by atoms with Crippen LogP contribution in [0.15, 0.2) is 48.5 Å². The number of carbonyl (C=O) groups excluding carboxylic acids is 2. The van der Waals surface area contributed by atoms with Crippen molar-refractivity contribution in [2.24, 2.45) is 0 Å². The summed E-state index contributed by atoms with van der Waals surface area (Å²) < 4.78 is 4.98. The van der Waals surface area contributed by atoms with E-state index in [0.717, 1.165) is 24.8 Å². The molecule has 1 saturated carbocycles. The van der Waals surface area contributed by atoms with Crippen LogP contribution in [0.1, 0.15) is 47.2 Å². The predicted octanol–water partition coefficient (Wildman–Crippen LogP) is 3.17. The lowest BCUT2D eigenvalue weighted by molar-refractivity contribution is -0.131. The molecule has 2 N–H and O–H groups in total. The van der Waals surface area contributed by atoms with E-state index in [1.165, 1.54) is 0 Å². The first-order valence-corrected chi connectivity index (χ1v) is 9.33. The molecule has 0 radical (unpaired) electrons. The lowest BCUT2D eigenvalue weighted by Gasteiger charge is -2.45. The first kappa shape index (κ1) is 18.3. The van der Waals surface area contributed by atoms with Crippen LogP contribution in [-0.4, -0.2) is 22.6 Å². The number of hydrogen-bond acceptors (Lipinski definition) is 4. The number of esters is 1. The molecule has 2 aromatic rings. The largest absolute Gasteiger partial charge is 0.457 e. The Balaban J connectivity index is 1.55. The van der Waals surface area contributed by atoms with Crippen LogP contribution < -0.4 is 5.32 Å². The molecule has 0 bridgehead atoms. The maximum atomic E-state index is 12.9. The maximum Gasteiger partial charge on any atom is 0.338 e. The minimum absolute atomic E-state index is 0.166. The zero-order valence-corrected chi connectivity index (χ0v) is 15.4. The Kier molecular flexibility index (Phi) is 4.44. The number of hydrogen-bond donors (Lipinski definition) is 2. The number of rotatable bonds is 5. The smallest absolute Gasteiger partial charge is 0.338 e. The number of cyclic esters (lactones) is 1. The summed E-state index contributed by atoms with van der Waals surface area (Å²) in [6.45, 7) is 0.175. The fourth-order valence-corrected chi connectivity index (χ4v) is 4.09. The van der Waals surface area contributed by atoms with Crippen LogP contribution in [0.2, 0.25) is 0 Å². The fraction of sp³-hybridized carbons (Fsp3) is 0.304. The van der Waals surface area contributed by atoms with Crippen molar-refractivity contribution in [2.75, 3.05) is 5.32 Å². The molecule has 0 spiro atoms. The van der Waals surface area contributed by atoms with Crippen LogP contribution in [0.5, 0.6) is 0 Å². The average Bonchev–Trinajstić information content (AvgIpc) is 3.05. The van der Waals surface area contributed by atoms with E-state index >= 15 is 0 Å². The van der Waals surface area contributed by atoms with Crippen LogP contribution in [0.3, 0.4) is 0 Å². The lowest BCUT2D eigenvalue weighted by Crippen LogP contribution is -2.49. The molecule has 142 valence electrons. The van der Waals surface area contributed by atoms with Crippen LogP contribution in [0, 0.1) is 12.3 Å². The van der Waals surface area contributed by atoms with Gasteiger partial charge in [-0.15, -0.1) is 6.42 Å². The zero-order valence-electron chi connectivity index (χ0n) is 15.4.